The Kier molecular flexibility index (Phi) is 5.41. The Balaban J connectivity index is 1.54. The van der Waals surface area contributed by atoms with E-state index in [0.29, 0.717) is 23.3 Å². The lowest BCUT2D eigenvalue weighted by Crippen LogP contribution is -2.29. The molecular weight excluding hydrogens is 376 g/mol. The second-order valence-electron chi connectivity index (χ2n) is 6.99. The molecule has 1 amide bonds. The average molecular weight is 397 g/mol. The van der Waals surface area contributed by atoms with Gasteiger partial charge in [-0.1, -0.05) is 30.2 Å². The molecule has 6 nitrogen and oxygen atoms in total. The Labute approximate surface area is 168 Å². The van der Waals surface area contributed by atoms with Crippen LogP contribution in [-0.4, -0.2) is 39.0 Å². The summed E-state index contributed by atoms with van der Waals surface area (Å²) in [7, 11) is 0. The van der Waals surface area contributed by atoms with Gasteiger partial charge in [0.2, 0.25) is 0 Å². The van der Waals surface area contributed by atoms with Crippen molar-refractivity contribution in [3.8, 4) is 5.75 Å². The Morgan fingerprint density at radius 1 is 1.07 bits per heavy atom. The molecule has 0 spiro atoms. The lowest BCUT2D eigenvalue weighted by molar-refractivity contribution is 0.102. The summed E-state index contributed by atoms with van der Waals surface area (Å²) in [5, 5.41) is 13.1. The number of rotatable bonds is 4. The normalized spacial score (nSPS) is 14.9. The predicted molar refractivity (Wildman–Crippen MR) is 110 cm³/mol. The highest BCUT2D eigenvalue weighted by atomic mass is 35.5. The van der Waals surface area contributed by atoms with Crippen molar-refractivity contribution >= 4 is 34.2 Å². The van der Waals surface area contributed by atoms with Crippen LogP contribution in [0.1, 0.15) is 35.3 Å². The third-order valence-corrected chi connectivity index (χ3v) is 5.19. The number of piperidine rings is 1. The minimum Gasteiger partial charge on any atom is -0.508 e. The molecule has 2 heterocycles. The third kappa shape index (κ3) is 4.08. The van der Waals surface area contributed by atoms with Crippen molar-refractivity contribution in [2.24, 2.45) is 0 Å². The molecule has 0 unspecified atom stereocenters. The second kappa shape index (κ2) is 8.12. The monoisotopic (exact) mass is 396 g/mol. The van der Waals surface area contributed by atoms with E-state index >= 15 is 0 Å². The van der Waals surface area contributed by atoms with Crippen molar-refractivity contribution in [2.45, 2.75) is 25.8 Å². The zero-order valence-electron chi connectivity index (χ0n) is 15.4. The number of halogens is 1. The van der Waals surface area contributed by atoms with Gasteiger partial charge in [-0.05, 0) is 56.3 Å². The van der Waals surface area contributed by atoms with Crippen LogP contribution in [0.3, 0.4) is 0 Å². The minimum absolute atomic E-state index is 0.0588. The fraction of sp³-hybridized carbons (Fsp3) is 0.286. The predicted octanol–water partition coefficient (Wildman–Crippen LogP) is 4.23. The summed E-state index contributed by atoms with van der Waals surface area (Å²) >= 11 is 6.17. The third-order valence-electron chi connectivity index (χ3n) is 4.92. The van der Waals surface area contributed by atoms with Gasteiger partial charge in [0.15, 0.2) is 10.8 Å². The quantitative estimate of drug-likeness (QED) is 0.645. The lowest BCUT2D eigenvalue weighted by Gasteiger charge is -2.26. The molecule has 0 radical (unpaired) electrons. The van der Waals surface area contributed by atoms with Gasteiger partial charge in [-0.2, -0.15) is 0 Å². The van der Waals surface area contributed by atoms with Gasteiger partial charge in [-0.15, -0.1) is 0 Å². The van der Waals surface area contributed by atoms with Crippen LogP contribution in [0, 0.1) is 0 Å². The first-order chi connectivity index (χ1) is 13.6. The summed E-state index contributed by atoms with van der Waals surface area (Å²) in [6.07, 6.45) is 3.61. The van der Waals surface area contributed by atoms with Gasteiger partial charge in [0.1, 0.15) is 5.75 Å². The fourth-order valence-electron chi connectivity index (χ4n) is 3.46. The SMILES string of the molecule is O=C(Nc1ccc(O)c(CN2CCCCC2)c1)c1nc2ccccc2nc1Cl. The molecule has 4 rings (SSSR count). The summed E-state index contributed by atoms with van der Waals surface area (Å²) in [6.45, 7) is 2.71. The molecule has 0 aliphatic carbocycles. The van der Waals surface area contributed by atoms with Gasteiger partial charge in [-0.3, -0.25) is 9.69 Å². The van der Waals surface area contributed by atoms with E-state index < -0.39 is 5.91 Å². The molecule has 2 aromatic carbocycles. The van der Waals surface area contributed by atoms with Crippen LogP contribution in [0.15, 0.2) is 42.5 Å². The van der Waals surface area contributed by atoms with Gasteiger partial charge in [0, 0.05) is 17.8 Å². The molecule has 0 saturated carbocycles. The molecule has 1 aliphatic rings. The van der Waals surface area contributed by atoms with Crippen LogP contribution in [0.5, 0.6) is 5.75 Å². The first-order valence-corrected chi connectivity index (χ1v) is 9.76. The lowest BCUT2D eigenvalue weighted by atomic mass is 10.1. The highest BCUT2D eigenvalue weighted by Gasteiger charge is 2.17. The highest BCUT2D eigenvalue weighted by Crippen LogP contribution is 2.25. The molecule has 28 heavy (non-hydrogen) atoms. The maximum Gasteiger partial charge on any atom is 0.277 e. The Hall–Kier alpha value is -2.70. The maximum atomic E-state index is 12.7. The zero-order chi connectivity index (χ0) is 19.5. The number of carbonyl (C=O) groups excluding carboxylic acids is 1. The number of anilines is 1. The number of hydrogen-bond acceptors (Lipinski definition) is 5. The summed E-state index contributed by atoms with van der Waals surface area (Å²) in [4.78, 5) is 23.6. The van der Waals surface area contributed by atoms with E-state index in [1.165, 1.54) is 19.3 Å². The van der Waals surface area contributed by atoms with Crippen LogP contribution in [-0.2, 0) is 6.54 Å². The van der Waals surface area contributed by atoms with Crippen molar-refractivity contribution < 1.29 is 9.90 Å². The van der Waals surface area contributed by atoms with Crippen LogP contribution < -0.4 is 5.32 Å². The van der Waals surface area contributed by atoms with Gasteiger partial charge in [-0.25, -0.2) is 9.97 Å². The summed E-state index contributed by atoms with van der Waals surface area (Å²) in [5.74, 6) is -0.204. The Morgan fingerprint density at radius 3 is 2.54 bits per heavy atom. The molecule has 1 aromatic heterocycles. The molecular formula is C21H21ClN4O2. The van der Waals surface area contributed by atoms with E-state index in [4.69, 9.17) is 11.6 Å². The Morgan fingerprint density at radius 2 is 1.79 bits per heavy atom. The standard InChI is InChI=1S/C21H21ClN4O2/c22-20-19(24-16-6-2-3-7-17(16)25-20)21(28)23-15-8-9-18(27)14(12-15)13-26-10-4-1-5-11-26/h2-3,6-9,12,27H,1,4-5,10-11,13H2,(H,23,28). The number of fused-ring (bicyclic) bond motifs is 1. The van der Waals surface area contributed by atoms with E-state index in [0.717, 1.165) is 18.7 Å². The number of nitrogens with zero attached hydrogens (tertiary/aromatic N) is 3. The molecule has 1 aliphatic heterocycles. The van der Waals surface area contributed by atoms with E-state index in [1.54, 1.807) is 30.3 Å². The summed E-state index contributed by atoms with van der Waals surface area (Å²) in [5.41, 5.74) is 2.69. The van der Waals surface area contributed by atoms with Gasteiger partial charge in [0.05, 0.1) is 11.0 Å². The number of hydrogen-bond donors (Lipinski definition) is 2. The summed E-state index contributed by atoms with van der Waals surface area (Å²) < 4.78 is 0. The molecule has 7 heteroatoms. The van der Waals surface area contributed by atoms with Crippen LogP contribution in [0.2, 0.25) is 5.15 Å². The van der Waals surface area contributed by atoms with Crippen LogP contribution in [0.4, 0.5) is 5.69 Å². The fourth-order valence-corrected chi connectivity index (χ4v) is 3.68. The number of likely N-dealkylation sites (tertiary alicyclic amines) is 1. The zero-order valence-corrected chi connectivity index (χ0v) is 16.1. The number of para-hydroxylation sites is 2. The van der Waals surface area contributed by atoms with E-state index in [1.807, 2.05) is 12.1 Å². The topological polar surface area (TPSA) is 78.4 Å². The molecule has 1 saturated heterocycles. The molecule has 0 atom stereocenters. The molecule has 0 bridgehead atoms. The van der Waals surface area contributed by atoms with Crippen molar-refractivity contribution in [1.29, 1.82) is 0 Å². The van der Waals surface area contributed by atoms with Crippen LogP contribution in [0.25, 0.3) is 11.0 Å². The van der Waals surface area contributed by atoms with Gasteiger partial charge in [0.25, 0.3) is 5.91 Å². The van der Waals surface area contributed by atoms with E-state index in [9.17, 15) is 9.90 Å². The first kappa shape index (κ1) is 18.7. The maximum absolute atomic E-state index is 12.7. The van der Waals surface area contributed by atoms with E-state index in [-0.39, 0.29) is 16.6 Å². The van der Waals surface area contributed by atoms with Crippen molar-refractivity contribution in [1.82, 2.24) is 14.9 Å². The second-order valence-corrected chi connectivity index (χ2v) is 7.34. The number of amides is 1. The number of phenolic OH excluding ortho intramolecular Hbond substituents is 1. The van der Waals surface area contributed by atoms with Gasteiger partial charge >= 0.3 is 0 Å². The average Bonchev–Trinajstić information content (AvgIpc) is 2.70. The van der Waals surface area contributed by atoms with Crippen molar-refractivity contribution in [3.05, 3.63) is 58.9 Å². The number of aromatic nitrogens is 2. The highest BCUT2D eigenvalue weighted by molar-refractivity contribution is 6.33. The number of benzene rings is 2. The number of phenols is 1. The number of aromatic hydroxyl groups is 1. The van der Waals surface area contributed by atoms with Crippen molar-refractivity contribution in [3.63, 3.8) is 0 Å². The molecule has 1 fully saturated rings. The van der Waals surface area contributed by atoms with Crippen LogP contribution >= 0.6 is 11.6 Å². The number of carbonyl (C=O) groups is 1. The number of nitrogens with one attached hydrogen (secondary N) is 1. The summed E-state index contributed by atoms with van der Waals surface area (Å²) in [6, 6.07) is 12.3. The van der Waals surface area contributed by atoms with E-state index in [2.05, 4.69) is 20.2 Å². The van der Waals surface area contributed by atoms with Gasteiger partial charge < -0.3 is 10.4 Å². The minimum atomic E-state index is -0.433. The van der Waals surface area contributed by atoms with Crippen molar-refractivity contribution in [2.75, 3.05) is 18.4 Å². The smallest absolute Gasteiger partial charge is 0.277 e. The Bertz CT molecular complexity index is 1020. The molecule has 3 aromatic rings. The first-order valence-electron chi connectivity index (χ1n) is 9.38. The molecule has 144 valence electrons. The molecule has 2 N–H and O–H groups in total. The largest absolute Gasteiger partial charge is 0.508 e.